The number of aromatic nitrogens is 4. The van der Waals surface area contributed by atoms with Crippen molar-refractivity contribution in [2.75, 3.05) is 20.1 Å². The molecule has 2 N–H and O–H groups in total. The zero-order valence-electron chi connectivity index (χ0n) is 16.6. The van der Waals surface area contributed by atoms with Crippen LogP contribution in [0, 0.1) is 6.92 Å². The Kier molecular flexibility index (Phi) is 4.32. The molecule has 1 aliphatic heterocycles. The fraction of sp³-hybridized carbons (Fsp3) is 0.318. The SMILES string of the molecule is Cc1cnc2[nH]cc(-c3ccn4ncc(C(=O)NC5CCN(C)CC5)c4c3)c2c1. The summed E-state index contributed by atoms with van der Waals surface area (Å²) in [5, 5.41) is 8.64. The summed E-state index contributed by atoms with van der Waals surface area (Å²) in [7, 11) is 2.12. The second-order valence-electron chi connectivity index (χ2n) is 7.97. The molecule has 1 fully saturated rings. The van der Waals surface area contributed by atoms with E-state index in [1.165, 1.54) is 0 Å². The van der Waals surface area contributed by atoms with Crippen LogP contribution in [0.4, 0.5) is 0 Å². The third kappa shape index (κ3) is 3.27. The van der Waals surface area contributed by atoms with E-state index in [-0.39, 0.29) is 11.9 Å². The molecule has 7 nitrogen and oxygen atoms in total. The van der Waals surface area contributed by atoms with Crippen molar-refractivity contribution in [1.29, 1.82) is 0 Å². The van der Waals surface area contributed by atoms with Gasteiger partial charge in [0.15, 0.2) is 0 Å². The summed E-state index contributed by atoms with van der Waals surface area (Å²) in [4.78, 5) is 22.9. The summed E-state index contributed by atoms with van der Waals surface area (Å²) >= 11 is 0. The zero-order chi connectivity index (χ0) is 20.0. The van der Waals surface area contributed by atoms with Crippen LogP contribution in [0.1, 0.15) is 28.8 Å². The fourth-order valence-electron chi connectivity index (χ4n) is 4.09. The number of aromatic amines is 1. The number of H-pyrrole nitrogens is 1. The molecule has 4 aromatic heterocycles. The number of fused-ring (bicyclic) bond motifs is 2. The van der Waals surface area contributed by atoms with E-state index in [4.69, 9.17) is 0 Å². The van der Waals surface area contributed by atoms with Crippen LogP contribution >= 0.6 is 0 Å². The molecular weight excluding hydrogens is 364 g/mol. The molecule has 0 spiro atoms. The lowest BCUT2D eigenvalue weighted by molar-refractivity contribution is 0.0918. The van der Waals surface area contributed by atoms with Crippen molar-refractivity contribution in [3.63, 3.8) is 0 Å². The number of nitrogens with one attached hydrogen (secondary N) is 2. The summed E-state index contributed by atoms with van der Waals surface area (Å²) in [6.07, 6.45) is 9.35. The van der Waals surface area contributed by atoms with Crippen molar-refractivity contribution in [1.82, 2.24) is 29.8 Å². The van der Waals surface area contributed by atoms with Crippen molar-refractivity contribution < 1.29 is 4.79 Å². The van der Waals surface area contributed by atoms with E-state index in [2.05, 4.69) is 38.4 Å². The number of nitrogens with zero attached hydrogens (tertiary/aromatic N) is 4. The quantitative estimate of drug-likeness (QED) is 0.566. The van der Waals surface area contributed by atoms with Gasteiger partial charge < -0.3 is 15.2 Å². The molecule has 1 aliphatic rings. The van der Waals surface area contributed by atoms with Crippen LogP contribution in [0.2, 0.25) is 0 Å². The second kappa shape index (κ2) is 7.00. The Labute approximate surface area is 168 Å². The minimum atomic E-state index is -0.0526. The van der Waals surface area contributed by atoms with Gasteiger partial charge in [0.25, 0.3) is 5.91 Å². The highest BCUT2D eigenvalue weighted by Crippen LogP contribution is 2.29. The first-order valence-corrected chi connectivity index (χ1v) is 9.99. The molecule has 5 heterocycles. The number of carbonyl (C=O) groups excluding carboxylic acids is 1. The Morgan fingerprint density at radius 1 is 1.24 bits per heavy atom. The molecule has 0 radical (unpaired) electrons. The molecule has 7 heteroatoms. The third-order valence-electron chi connectivity index (χ3n) is 5.80. The van der Waals surface area contributed by atoms with E-state index in [9.17, 15) is 4.79 Å². The van der Waals surface area contributed by atoms with Gasteiger partial charge in [0.1, 0.15) is 5.65 Å². The minimum absolute atomic E-state index is 0.0526. The topological polar surface area (TPSA) is 78.3 Å². The number of hydrogen-bond acceptors (Lipinski definition) is 4. The average molecular weight is 388 g/mol. The molecule has 0 atom stereocenters. The third-order valence-corrected chi connectivity index (χ3v) is 5.80. The second-order valence-corrected chi connectivity index (χ2v) is 7.97. The van der Waals surface area contributed by atoms with Crippen LogP contribution in [-0.2, 0) is 0 Å². The van der Waals surface area contributed by atoms with Gasteiger partial charge in [-0.2, -0.15) is 5.10 Å². The van der Waals surface area contributed by atoms with Crippen LogP contribution in [0.3, 0.4) is 0 Å². The molecule has 0 aromatic carbocycles. The molecule has 0 unspecified atom stereocenters. The van der Waals surface area contributed by atoms with E-state index in [1.807, 2.05) is 37.6 Å². The monoisotopic (exact) mass is 388 g/mol. The van der Waals surface area contributed by atoms with Gasteiger partial charge in [-0.25, -0.2) is 9.50 Å². The van der Waals surface area contributed by atoms with E-state index in [1.54, 1.807) is 10.7 Å². The van der Waals surface area contributed by atoms with Gasteiger partial charge >= 0.3 is 0 Å². The Morgan fingerprint density at radius 3 is 2.90 bits per heavy atom. The Bertz CT molecular complexity index is 1200. The maximum Gasteiger partial charge on any atom is 0.255 e. The number of rotatable bonds is 3. The first-order valence-electron chi connectivity index (χ1n) is 9.99. The molecule has 1 amide bonds. The minimum Gasteiger partial charge on any atom is -0.349 e. The van der Waals surface area contributed by atoms with Gasteiger partial charge in [0.2, 0.25) is 0 Å². The van der Waals surface area contributed by atoms with E-state index in [0.29, 0.717) is 5.56 Å². The Hall–Kier alpha value is -3.19. The highest BCUT2D eigenvalue weighted by atomic mass is 16.1. The van der Waals surface area contributed by atoms with Crippen LogP contribution in [0.5, 0.6) is 0 Å². The lowest BCUT2D eigenvalue weighted by Crippen LogP contribution is -2.43. The maximum atomic E-state index is 12.9. The van der Waals surface area contributed by atoms with Gasteiger partial charge in [-0.3, -0.25) is 4.79 Å². The summed E-state index contributed by atoms with van der Waals surface area (Å²) in [5.74, 6) is -0.0526. The number of likely N-dealkylation sites (tertiary alicyclic amines) is 1. The maximum absolute atomic E-state index is 12.9. The molecule has 148 valence electrons. The molecule has 0 aliphatic carbocycles. The van der Waals surface area contributed by atoms with Crippen LogP contribution in [-0.4, -0.2) is 56.6 Å². The normalized spacial score (nSPS) is 15.9. The summed E-state index contributed by atoms with van der Waals surface area (Å²) in [5.41, 5.74) is 5.50. The summed E-state index contributed by atoms with van der Waals surface area (Å²) in [6.45, 7) is 4.06. The van der Waals surface area contributed by atoms with Crippen molar-refractivity contribution in [2.45, 2.75) is 25.8 Å². The van der Waals surface area contributed by atoms with Crippen molar-refractivity contribution in [2.24, 2.45) is 0 Å². The molecule has 0 saturated carbocycles. The van der Waals surface area contributed by atoms with Crippen molar-refractivity contribution in [3.8, 4) is 11.1 Å². The van der Waals surface area contributed by atoms with Gasteiger partial charge in [0.05, 0.1) is 17.3 Å². The van der Waals surface area contributed by atoms with Crippen LogP contribution in [0.25, 0.3) is 27.7 Å². The molecule has 0 bridgehead atoms. The largest absolute Gasteiger partial charge is 0.349 e. The standard InChI is InChI=1S/C22H24N6O/c1-14-9-17-18(12-24-21(17)23-11-14)15-3-8-28-20(10-15)19(13-25-28)22(29)26-16-4-6-27(2)7-5-16/h3,8-13,16H,4-7H2,1-2H3,(H,23,24)(H,26,29). The lowest BCUT2D eigenvalue weighted by atomic mass is 10.0. The first-order chi connectivity index (χ1) is 14.1. The highest BCUT2D eigenvalue weighted by Gasteiger charge is 2.21. The zero-order valence-corrected chi connectivity index (χ0v) is 16.6. The van der Waals surface area contributed by atoms with E-state index in [0.717, 1.165) is 59.2 Å². The van der Waals surface area contributed by atoms with Gasteiger partial charge in [-0.15, -0.1) is 0 Å². The molecular formula is C22H24N6O. The van der Waals surface area contributed by atoms with E-state index >= 15 is 0 Å². The average Bonchev–Trinajstić information content (AvgIpc) is 3.33. The molecule has 4 aromatic rings. The van der Waals surface area contributed by atoms with E-state index < -0.39 is 0 Å². The smallest absolute Gasteiger partial charge is 0.255 e. The molecule has 1 saturated heterocycles. The number of pyridine rings is 2. The summed E-state index contributed by atoms with van der Waals surface area (Å²) < 4.78 is 1.76. The Morgan fingerprint density at radius 2 is 2.07 bits per heavy atom. The first kappa shape index (κ1) is 17.9. The molecule has 29 heavy (non-hydrogen) atoms. The number of carbonyl (C=O) groups is 1. The predicted molar refractivity (Wildman–Crippen MR) is 113 cm³/mol. The highest BCUT2D eigenvalue weighted by molar-refractivity contribution is 6.02. The van der Waals surface area contributed by atoms with Gasteiger partial charge in [0, 0.05) is 35.6 Å². The predicted octanol–water partition coefficient (Wildman–Crippen LogP) is 3.01. The van der Waals surface area contributed by atoms with Crippen molar-refractivity contribution >= 4 is 22.5 Å². The molecule has 5 rings (SSSR count). The number of amides is 1. The fourth-order valence-corrected chi connectivity index (χ4v) is 4.09. The van der Waals surface area contributed by atoms with Gasteiger partial charge in [-0.1, -0.05) is 0 Å². The van der Waals surface area contributed by atoms with Crippen LogP contribution < -0.4 is 5.32 Å². The summed E-state index contributed by atoms with van der Waals surface area (Å²) in [6, 6.07) is 6.40. The number of piperidine rings is 1. The lowest BCUT2D eigenvalue weighted by Gasteiger charge is -2.29. The number of hydrogen-bond donors (Lipinski definition) is 2. The van der Waals surface area contributed by atoms with Gasteiger partial charge in [-0.05, 0) is 69.2 Å². The Balaban J connectivity index is 1.48. The number of aryl methyl sites for hydroxylation is 1. The van der Waals surface area contributed by atoms with Crippen LogP contribution in [0.15, 0.2) is 43.0 Å². The van der Waals surface area contributed by atoms with Crippen molar-refractivity contribution in [3.05, 3.63) is 54.1 Å².